The van der Waals surface area contributed by atoms with E-state index in [0.29, 0.717) is 11.7 Å². The summed E-state index contributed by atoms with van der Waals surface area (Å²) in [5.74, 6) is 1.09. The molecule has 0 bridgehead atoms. The van der Waals surface area contributed by atoms with Crippen molar-refractivity contribution in [1.82, 2.24) is 10.1 Å². The maximum atomic E-state index is 6.26. The van der Waals surface area contributed by atoms with Crippen molar-refractivity contribution in [2.24, 2.45) is 5.73 Å². The molecule has 0 radical (unpaired) electrons. The Bertz CT molecular complexity index is 791. The van der Waals surface area contributed by atoms with E-state index in [0.717, 1.165) is 17.5 Å². The van der Waals surface area contributed by atoms with Crippen LogP contribution in [0, 0.1) is 0 Å². The van der Waals surface area contributed by atoms with E-state index >= 15 is 0 Å². The molecule has 0 aliphatic heterocycles. The van der Waals surface area contributed by atoms with Gasteiger partial charge in [-0.15, -0.1) is 0 Å². The van der Waals surface area contributed by atoms with Crippen LogP contribution in [-0.4, -0.2) is 10.1 Å². The maximum Gasteiger partial charge on any atom is 0.236 e. The van der Waals surface area contributed by atoms with Crippen molar-refractivity contribution in [2.45, 2.75) is 38.6 Å². The molecule has 3 aromatic rings. The van der Waals surface area contributed by atoms with Gasteiger partial charge in [0, 0.05) is 0 Å². The molecule has 0 aliphatic rings. The second-order valence-electron chi connectivity index (χ2n) is 6.52. The van der Waals surface area contributed by atoms with E-state index in [9.17, 15) is 0 Å². The zero-order valence-corrected chi connectivity index (χ0v) is 14.4. The van der Waals surface area contributed by atoms with Gasteiger partial charge in [0.25, 0.3) is 0 Å². The van der Waals surface area contributed by atoms with E-state index in [1.165, 1.54) is 5.56 Å². The van der Waals surface area contributed by atoms with Gasteiger partial charge < -0.3 is 10.3 Å². The molecule has 1 heterocycles. The lowest BCUT2D eigenvalue weighted by molar-refractivity contribution is 0.329. The zero-order valence-electron chi connectivity index (χ0n) is 14.4. The van der Waals surface area contributed by atoms with Gasteiger partial charge in [-0.25, -0.2) is 0 Å². The molecular weight excluding hydrogens is 298 g/mol. The Morgan fingerprint density at radius 3 is 2.33 bits per heavy atom. The fourth-order valence-electron chi connectivity index (χ4n) is 2.71. The molecule has 24 heavy (non-hydrogen) atoms. The minimum atomic E-state index is -0.387. The van der Waals surface area contributed by atoms with Crippen LogP contribution >= 0.6 is 0 Å². The number of aryl methyl sites for hydroxylation is 1. The first-order valence-electron chi connectivity index (χ1n) is 8.26. The summed E-state index contributed by atoms with van der Waals surface area (Å²) in [5.41, 5.74) is 9.32. The summed E-state index contributed by atoms with van der Waals surface area (Å²) in [5, 5.41) is 4.11. The van der Waals surface area contributed by atoms with E-state index in [4.69, 9.17) is 10.3 Å². The Balaban J connectivity index is 1.88. The summed E-state index contributed by atoms with van der Waals surface area (Å²) >= 11 is 0. The minimum absolute atomic E-state index is 0.367. The van der Waals surface area contributed by atoms with Crippen molar-refractivity contribution in [3.63, 3.8) is 0 Å². The quantitative estimate of drug-likeness (QED) is 0.771. The highest BCUT2D eigenvalue weighted by Gasteiger charge is 2.30. The van der Waals surface area contributed by atoms with Crippen molar-refractivity contribution in [3.05, 3.63) is 83.0 Å². The minimum Gasteiger partial charge on any atom is -0.338 e. The smallest absolute Gasteiger partial charge is 0.236 e. The van der Waals surface area contributed by atoms with E-state index in [1.54, 1.807) is 0 Å². The number of nitrogens with two attached hydrogens (primary N) is 1. The number of benzene rings is 2. The van der Waals surface area contributed by atoms with Crippen molar-refractivity contribution >= 4 is 0 Å². The Hall–Kier alpha value is -2.46. The molecule has 0 fully saturated rings. The molecule has 1 atom stereocenters. The molecule has 2 N–H and O–H groups in total. The lowest BCUT2D eigenvalue weighted by atomic mass is 9.84. The van der Waals surface area contributed by atoms with Crippen LogP contribution in [-0.2, 0) is 11.8 Å². The summed E-state index contributed by atoms with van der Waals surface area (Å²) < 4.78 is 5.54. The lowest BCUT2D eigenvalue weighted by Crippen LogP contribution is -2.20. The van der Waals surface area contributed by atoms with Gasteiger partial charge in [-0.05, 0) is 37.0 Å². The summed E-state index contributed by atoms with van der Waals surface area (Å²) in [6, 6.07) is 18.0. The Morgan fingerprint density at radius 2 is 1.71 bits per heavy atom. The number of aromatic nitrogens is 2. The van der Waals surface area contributed by atoms with Crippen molar-refractivity contribution in [2.75, 3.05) is 0 Å². The number of rotatable bonds is 5. The van der Waals surface area contributed by atoms with Crippen LogP contribution in [0.15, 0.2) is 59.1 Å². The average molecular weight is 321 g/mol. The highest BCUT2D eigenvalue weighted by Crippen LogP contribution is 2.31. The van der Waals surface area contributed by atoms with Gasteiger partial charge in [-0.3, -0.25) is 0 Å². The SMILES string of the molecule is CCc1ccc(C(C)(C)c2nc(C(N)c3ccccc3)no2)cc1. The molecule has 0 aliphatic carbocycles. The molecule has 4 nitrogen and oxygen atoms in total. The first kappa shape index (κ1) is 16.4. The largest absolute Gasteiger partial charge is 0.338 e. The third-order valence-electron chi connectivity index (χ3n) is 4.50. The summed E-state index contributed by atoms with van der Waals surface area (Å²) in [4.78, 5) is 4.57. The van der Waals surface area contributed by atoms with Crippen molar-refractivity contribution in [1.29, 1.82) is 0 Å². The lowest BCUT2D eigenvalue weighted by Gasteiger charge is -2.20. The van der Waals surface area contributed by atoms with Crippen molar-refractivity contribution in [3.8, 4) is 0 Å². The highest BCUT2D eigenvalue weighted by molar-refractivity contribution is 5.33. The Morgan fingerprint density at radius 1 is 1.04 bits per heavy atom. The normalized spacial score (nSPS) is 13.0. The number of nitrogens with zero attached hydrogens (tertiary/aromatic N) is 2. The molecule has 2 aromatic carbocycles. The van der Waals surface area contributed by atoms with Gasteiger partial charge >= 0.3 is 0 Å². The number of hydrogen-bond donors (Lipinski definition) is 1. The fraction of sp³-hybridized carbons (Fsp3) is 0.300. The third-order valence-corrected chi connectivity index (χ3v) is 4.50. The van der Waals surface area contributed by atoms with Crippen molar-refractivity contribution < 1.29 is 4.52 Å². The molecule has 1 aromatic heterocycles. The van der Waals surface area contributed by atoms with Crippen LogP contribution in [0.25, 0.3) is 0 Å². The number of hydrogen-bond acceptors (Lipinski definition) is 4. The monoisotopic (exact) mass is 321 g/mol. The van der Waals surface area contributed by atoms with E-state index < -0.39 is 0 Å². The summed E-state index contributed by atoms with van der Waals surface area (Å²) in [6.07, 6.45) is 1.03. The predicted octanol–water partition coefficient (Wildman–Crippen LogP) is 4.01. The molecule has 4 heteroatoms. The standard InChI is InChI=1S/C20H23N3O/c1-4-14-10-12-16(13-11-14)20(2,3)19-22-18(23-24-19)17(21)15-8-6-5-7-9-15/h5-13,17H,4,21H2,1-3H3. The second-order valence-corrected chi connectivity index (χ2v) is 6.52. The molecule has 0 spiro atoms. The van der Waals surface area contributed by atoms with Crippen LogP contribution in [0.5, 0.6) is 0 Å². The topological polar surface area (TPSA) is 64.9 Å². The molecule has 0 amide bonds. The van der Waals surface area contributed by atoms with E-state index in [1.807, 2.05) is 30.3 Å². The Labute approximate surface area is 142 Å². The van der Waals surface area contributed by atoms with Crippen LogP contribution in [0.1, 0.15) is 55.2 Å². The van der Waals surface area contributed by atoms with Gasteiger partial charge in [0.2, 0.25) is 5.89 Å². The summed E-state index contributed by atoms with van der Waals surface area (Å²) in [7, 11) is 0. The average Bonchev–Trinajstić information content (AvgIpc) is 3.13. The molecule has 124 valence electrons. The summed E-state index contributed by atoms with van der Waals surface area (Å²) in [6.45, 7) is 6.31. The van der Waals surface area contributed by atoms with Crippen LogP contribution in [0.4, 0.5) is 0 Å². The van der Waals surface area contributed by atoms with E-state index in [2.05, 4.69) is 55.2 Å². The van der Waals surface area contributed by atoms with Gasteiger partial charge in [0.1, 0.15) is 0 Å². The van der Waals surface area contributed by atoms with Crippen LogP contribution < -0.4 is 5.73 Å². The van der Waals surface area contributed by atoms with Gasteiger partial charge in [0.15, 0.2) is 5.82 Å². The fourth-order valence-corrected chi connectivity index (χ4v) is 2.71. The zero-order chi connectivity index (χ0) is 17.2. The van der Waals surface area contributed by atoms with Gasteiger partial charge in [0.05, 0.1) is 11.5 Å². The Kier molecular flexibility index (Phi) is 4.49. The second kappa shape index (κ2) is 6.57. The molecule has 0 saturated carbocycles. The highest BCUT2D eigenvalue weighted by atomic mass is 16.5. The molecule has 3 rings (SSSR count). The predicted molar refractivity (Wildman–Crippen MR) is 94.7 cm³/mol. The first-order valence-corrected chi connectivity index (χ1v) is 8.26. The van der Waals surface area contributed by atoms with Gasteiger partial charge in [-0.2, -0.15) is 4.98 Å². The van der Waals surface area contributed by atoms with Crippen LogP contribution in [0.2, 0.25) is 0 Å². The molecular formula is C20H23N3O. The third kappa shape index (κ3) is 3.10. The molecule has 0 saturated heterocycles. The maximum absolute atomic E-state index is 6.26. The van der Waals surface area contributed by atoms with Crippen LogP contribution in [0.3, 0.4) is 0 Å². The van der Waals surface area contributed by atoms with Gasteiger partial charge in [-0.1, -0.05) is 66.7 Å². The molecule has 1 unspecified atom stereocenters. The van der Waals surface area contributed by atoms with E-state index in [-0.39, 0.29) is 11.5 Å². The first-order chi connectivity index (χ1) is 11.5.